The molecule has 0 radical (unpaired) electrons. The third kappa shape index (κ3) is 6.55. The summed E-state index contributed by atoms with van der Waals surface area (Å²) >= 11 is -0.0280. The smallest absolute Gasteiger partial charge is 0.417 e. The molecule has 2 aromatic carbocycles. The SMILES string of the molecule is O=C(NCc1ccnc(OCc2ccccc2)c1SF)N1CCN(C(=O)c2ccccc2C(F)(F)F)CC1. The van der Waals surface area contributed by atoms with Crippen LogP contribution in [-0.4, -0.2) is 52.9 Å². The largest absolute Gasteiger partial charge is 0.472 e. The molecule has 1 aliphatic rings. The minimum absolute atomic E-state index is 0.00735. The van der Waals surface area contributed by atoms with Crippen LogP contribution in [0.1, 0.15) is 27.0 Å². The third-order valence-corrected chi connectivity index (χ3v) is 6.59. The molecular formula is C26H24F4N4O3S. The van der Waals surface area contributed by atoms with E-state index in [1.165, 1.54) is 28.1 Å². The van der Waals surface area contributed by atoms with Crippen LogP contribution < -0.4 is 10.1 Å². The Labute approximate surface area is 221 Å². The van der Waals surface area contributed by atoms with Gasteiger partial charge < -0.3 is 19.9 Å². The summed E-state index contributed by atoms with van der Waals surface area (Å²) in [6.07, 6.45) is -3.19. The maximum Gasteiger partial charge on any atom is 0.417 e. The van der Waals surface area contributed by atoms with Crippen molar-refractivity contribution in [3.8, 4) is 5.88 Å². The first kappa shape index (κ1) is 27.2. The molecule has 1 fully saturated rings. The van der Waals surface area contributed by atoms with Gasteiger partial charge in [-0.25, -0.2) is 9.78 Å². The standard InChI is InChI=1S/C26H24F4N4O3S/c27-26(28,29)21-9-5-4-8-20(21)24(35)33-12-14-34(15-13-33)25(36)32-16-19-10-11-31-23(22(19)38-30)37-17-18-6-2-1-3-7-18/h1-11H,12-17H2,(H,32,36). The first-order valence-corrected chi connectivity index (χ1v) is 12.4. The number of nitrogens with zero attached hydrogens (tertiary/aromatic N) is 3. The molecule has 1 aliphatic heterocycles. The lowest BCUT2D eigenvalue weighted by Gasteiger charge is -2.35. The van der Waals surface area contributed by atoms with Crippen LogP contribution in [0.4, 0.5) is 21.9 Å². The average Bonchev–Trinajstić information content (AvgIpc) is 2.94. The minimum Gasteiger partial charge on any atom is -0.472 e. The fraction of sp³-hybridized carbons (Fsp3) is 0.269. The normalized spacial score (nSPS) is 13.8. The van der Waals surface area contributed by atoms with Gasteiger partial charge in [0.2, 0.25) is 5.88 Å². The van der Waals surface area contributed by atoms with E-state index in [0.717, 1.165) is 17.7 Å². The van der Waals surface area contributed by atoms with Crippen molar-refractivity contribution < 1.29 is 31.4 Å². The van der Waals surface area contributed by atoms with Crippen molar-refractivity contribution in [1.29, 1.82) is 0 Å². The fourth-order valence-electron chi connectivity index (χ4n) is 4.00. The van der Waals surface area contributed by atoms with Gasteiger partial charge in [0.25, 0.3) is 5.91 Å². The van der Waals surface area contributed by atoms with E-state index < -0.39 is 29.2 Å². The highest BCUT2D eigenvalue weighted by molar-refractivity contribution is 7.94. The number of carbonyl (C=O) groups excluding carboxylic acids is 2. The van der Waals surface area contributed by atoms with Crippen LogP contribution in [0.25, 0.3) is 0 Å². The molecule has 0 unspecified atom stereocenters. The quantitative estimate of drug-likeness (QED) is 0.405. The topological polar surface area (TPSA) is 74.8 Å². The second kappa shape index (κ2) is 12.2. The van der Waals surface area contributed by atoms with Crippen molar-refractivity contribution in [3.63, 3.8) is 0 Å². The molecule has 200 valence electrons. The number of urea groups is 1. The van der Waals surface area contributed by atoms with E-state index in [1.54, 1.807) is 6.07 Å². The van der Waals surface area contributed by atoms with Crippen molar-refractivity contribution >= 4 is 24.1 Å². The summed E-state index contributed by atoms with van der Waals surface area (Å²) in [6.45, 7) is 0.644. The summed E-state index contributed by atoms with van der Waals surface area (Å²) < 4.78 is 59.4. The van der Waals surface area contributed by atoms with Crippen molar-refractivity contribution in [1.82, 2.24) is 20.1 Å². The third-order valence-electron chi connectivity index (χ3n) is 6.00. The molecule has 1 saturated heterocycles. The van der Waals surface area contributed by atoms with Crippen LogP contribution in [0.5, 0.6) is 5.88 Å². The Balaban J connectivity index is 1.32. The predicted molar refractivity (Wildman–Crippen MR) is 133 cm³/mol. The highest BCUT2D eigenvalue weighted by Gasteiger charge is 2.36. The van der Waals surface area contributed by atoms with Crippen LogP contribution in [0.3, 0.4) is 0 Å². The summed E-state index contributed by atoms with van der Waals surface area (Å²) in [6, 6.07) is 15.1. The Morgan fingerprint density at radius 2 is 1.61 bits per heavy atom. The number of halogens is 4. The molecule has 0 saturated carbocycles. The van der Waals surface area contributed by atoms with Gasteiger partial charge in [-0.1, -0.05) is 42.5 Å². The average molecular weight is 549 g/mol. The fourth-order valence-corrected chi connectivity index (χ4v) is 4.42. The van der Waals surface area contributed by atoms with Gasteiger partial charge in [-0.15, -0.1) is 0 Å². The van der Waals surface area contributed by atoms with Gasteiger partial charge in [0, 0.05) is 38.9 Å². The van der Waals surface area contributed by atoms with Crippen LogP contribution in [0.15, 0.2) is 71.8 Å². The summed E-state index contributed by atoms with van der Waals surface area (Å²) in [5.74, 6) is -0.623. The number of pyridine rings is 1. The number of alkyl halides is 3. The van der Waals surface area contributed by atoms with Gasteiger partial charge in [-0.3, -0.25) is 4.79 Å². The molecule has 3 amide bonds. The number of amides is 3. The van der Waals surface area contributed by atoms with Crippen molar-refractivity contribution in [2.24, 2.45) is 0 Å². The number of hydrogen-bond acceptors (Lipinski definition) is 5. The van der Waals surface area contributed by atoms with Gasteiger partial charge in [0.1, 0.15) is 11.5 Å². The van der Waals surface area contributed by atoms with E-state index in [-0.39, 0.29) is 62.3 Å². The number of piperazine rings is 1. The van der Waals surface area contributed by atoms with Crippen LogP contribution in [-0.2, 0) is 19.3 Å². The van der Waals surface area contributed by atoms with E-state index >= 15 is 0 Å². The number of rotatable bonds is 7. The lowest BCUT2D eigenvalue weighted by atomic mass is 10.1. The lowest BCUT2D eigenvalue weighted by molar-refractivity contribution is -0.138. The van der Waals surface area contributed by atoms with Gasteiger partial charge in [-0.2, -0.15) is 17.1 Å². The Kier molecular flexibility index (Phi) is 8.72. The van der Waals surface area contributed by atoms with Crippen molar-refractivity contribution in [3.05, 3.63) is 89.1 Å². The molecule has 0 spiro atoms. The number of ether oxygens (including phenoxy) is 1. The predicted octanol–water partition coefficient (Wildman–Crippen LogP) is 5.32. The molecule has 3 aromatic rings. The summed E-state index contributed by atoms with van der Waals surface area (Å²) in [7, 11) is 0. The Morgan fingerprint density at radius 1 is 0.947 bits per heavy atom. The molecular weight excluding hydrogens is 524 g/mol. The molecule has 2 heterocycles. The minimum atomic E-state index is -4.65. The molecule has 38 heavy (non-hydrogen) atoms. The van der Waals surface area contributed by atoms with E-state index in [9.17, 15) is 26.6 Å². The summed E-state index contributed by atoms with van der Waals surface area (Å²) in [5, 5.41) is 2.72. The van der Waals surface area contributed by atoms with Crippen molar-refractivity contribution in [2.75, 3.05) is 26.2 Å². The summed E-state index contributed by atoms with van der Waals surface area (Å²) in [5.41, 5.74) is -0.0443. The van der Waals surface area contributed by atoms with Gasteiger partial charge in [-0.05, 0) is 29.3 Å². The number of benzene rings is 2. The molecule has 0 atom stereocenters. The van der Waals surface area contributed by atoms with Crippen LogP contribution in [0.2, 0.25) is 0 Å². The van der Waals surface area contributed by atoms with Crippen molar-refractivity contribution in [2.45, 2.75) is 24.2 Å². The van der Waals surface area contributed by atoms with Crippen LogP contribution in [0, 0.1) is 0 Å². The van der Waals surface area contributed by atoms with E-state index in [2.05, 4.69) is 10.3 Å². The molecule has 4 rings (SSSR count). The van der Waals surface area contributed by atoms with Crippen LogP contribution >= 0.6 is 12.1 Å². The molecule has 0 bridgehead atoms. The Hall–Kier alpha value is -3.80. The maximum absolute atomic E-state index is 13.8. The highest BCUT2D eigenvalue weighted by Crippen LogP contribution is 2.33. The number of aromatic nitrogens is 1. The lowest BCUT2D eigenvalue weighted by Crippen LogP contribution is -2.53. The monoisotopic (exact) mass is 548 g/mol. The second-order valence-corrected chi connectivity index (χ2v) is 9.00. The molecule has 1 N–H and O–H groups in total. The Bertz CT molecular complexity index is 1270. The number of hydrogen-bond donors (Lipinski definition) is 1. The molecule has 0 aliphatic carbocycles. The van der Waals surface area contributed by atoms with Gasteiger partial charge in [0.15, 0.2) is 0 Å². The second-order valence-electron chi connectivity index (χ2n) is 8.44. The zero-order chi connectivity index (χ0) is 27.1. The Morgan fingerprint density at radius 3 is 2.29 bits per heavy atom. The zero-order valence-corrected chi connectivity index (χ0v) is 20.9. The number of nitrogens with one attached hydrogen (secondary N) is 1. The van der Waals surface area contributed by atoms with Gasteiger partial charge >= 0.3 is 12.2 Å². The van der Waals surface area contributed by atoms with E-state index in [1.807, 2.05) is 30.3 Å². The molecule has 12 heteroatoms. The summed E-state index contributed by atoms with van der Waals surface area (Å²) in [4.78, 5) is 32.5. The maximum atomic E-state index is 13.8. The first-order valence-electron chi connectivity index (χ1n) is 11.7. The van der Waals surface area contributed by atoms with E-state index in [0.29, 0.717) is 5.56 Å². The highest BCUT2D eigenvalue weighted by atomic mass is 32.2. The molecule has 7 nitrogen and oxygen atoms in total. The van der Waals surface area contributed by atoms with E-state index in [4.69, 9.17) is 4.74 Å². The molecule has 1 aromatic heterocycles. The number of carbonyl (C=O) groups is 2. The first-order chi connectivity index (χ1) is 18.3. The van der Waals surface area contributed by atoms with Gasteiger partial charge in [0.05, 0.1) is 23.3 Å². The zero-order valence-electron chi connectivity index (χ0n) is 20.1.